The van der Waals surface area contributed by atoms with E-state index >= 15 is 0 Å². The summed E-state index contributed by atoms with van der Waals surface area (Å²) < 4.78 is 21.7. The lowest BCUT2D eigenvalue weighted by Gasteiger charge is -2.19. The van der Waals surface area contributed by atoms with Gasteiger partial charge in [-0.3, -0.25) is 0 Å². The van der Waals surface area contributed by atoms with Gasteiger partial charge >= 0.3 is 0 Å². The number of methoxy groups -OCH3 is 2. The minimum atomic E-state index is 0.605. The lowest BCUT2D eigenvalue weighted by molar-refractivity contribution is 0.171. The van der Waals surface area contributed by atoms with E-state index in [1.54, 1.807) is 14.2 Å². The molecule has 0 saturated heterocycles. The van der Waals surface area contributed by atoms with Crippen molar-refractivity contribution in [3.63, 3.8) is 0 Å². The average molecular weight is 315 g/mol. The summed E-state index contributed by atoms with van der Waals surface area (Å²) in [5, 5.41) is 3.42. The number of hydrogen-bond acceptors (Lipinski definition) is 5. The quantitative estimate of drug-likeness (QED) is 0.888. The maximum absolute atomic E-state index is 5.60. The van der Waals surface area contributed by atoms with Crippen LogP contribution >= 0.6 is 0 Å². The monoisotopic (exact) mass is 315 g/mol. The standard InChI is InChI=1S/C18H21NO4/c1-20-15-7-14(8-16(10-15)21-2)12-19-11-13-3-4-17-18(9-13)23-6-5-22-17/h3-4,7-10,19H,5-6,11-12H2,1-2H3. The molecule has 0 bridgehead atoms. The molecule has 23 heavy (non-hydrogen) atoms. The molecule has 0 saturated carbocycles. The Hall–Kier alpha value is -2.40. The summed E-state index contributed by atoms with van der Waals surface area (Å²) in [6.07, 6.45) is 0. The molecule has 0 radical (unpaired) electrons. The smallest absolute Gasteiger partial charge is 0.161 e. The largest absolute Gasteiger partial charge is 0.497 e. The molecule has 1 aliphatic heterocycles. The van der Waals surface area contributed by atoms with Gasteiger partial charge in [0, 0.05) is 19.2 Å². The highest BCUT2D eigenvalue weighted by Gasteiger charge is 2.11. The SMILES string of the molecule is COc1cc(CNCc2ccc3c(c2)OCCO3)cc(OC)c1. The highest BCUT2D eigenvalue weighted by atomic mass is 16.6. The van der Waals surface area contributed by atoms with E-state index in [9.17, 15) is 0 Å². The predicted molar refractivity (Wildman–Crippen MR) is 87.5 cm³/mol. The molecule has 0 spiro atoms. The Labute approximate surface area is 136 Å². The van der Waals surface area contributed by atoms with Crippen molar-refractivity contribution in [2.75, 3.05) is 27.4 Å². The van der Waals surface area contributed by atoms with E-state index in [1.807, 2.05) is 36.4 Å². The molecule has 1 N–H and O–H groups in total. The van der Waals surface area contributed by atoms with Gasteiger partial charge in [-0.05, 0) is 35.4 Å². The van der Waals surface area contributed by atoms with Crippen molar-refractivity contribution < 1.29 is 18.9 Å². The van der Waals surface area contributed by atoms with Crippen molar-refractivity contribution in [3.05, 3.63) is 47.5 Å². The first-order valence-electron chi connectivity index (χ1n) is 7.59. The second-order valence-corrected chi connectivity index (χ2v) is 5.30. The number of hydrogen-bond donors (Lipinski definition) is 1. The van der Waals surface area contributed by atoms with E-state index in [-0.39, 0.29) is 0 Å². The van der Waals surface area contributed by atoms with Gasteiger partial charge in [-0.2, -0.15) is 0 Å². The van der Waals surface area contributed by atoms with Gasteiger partial charge in [-0.1, -0.05) is 6.07 Å². The van der Waals surface area contributed by atoms with Crippen LogP contribution in [-0.2, 0) is 13.1 Å². The first-order chi connectivity index (χ1) is 11.3. The fraction of sp³-hybridized carbons (Fsp3) is 0.333. The molecule has 5 nitrogen and oxygen atoms in total. The number of rotatable bonds is 6. The van der Waals surface area contributed by atoms with Gasteiger partial charge in [0.15, 0.2) is 11.5 Å². The molecular formula is C18H21NO4. The second kappa shape index (κ2) is 7.24. The summed E-state index contributed by atoms with van der Waals surface area (Å²) in [5.74, 6) is 3.22. The van der Waals surface area contributed by atoms with E-state index in [0.717, 1.165) is 47.2 Å². The third kappa shape index (κ3) is 3.87. The summed E-state index contributed by atoms with van der Waals surface area (Å²) in [7, 11) is 3.31. The molecule has 0 fully saturated rings. The Morgan fingerprint density at radius 3 is 2.17 bits per heavy atom. The highest BCUT2D eigenvalue weighted by molar-refractivity contribution is 5.44. The van der Waals surface area contributed by atoms with Crippen molar-refractivity contribution in [1.29, 1.82) is 0 Å². The molecule has 0 aliphatic carbocycles. The first-order valence-corrected chi connectivity index (χ1v) is 7.59. The number of fused-ring (bicyclic) bond motifs is 1. The van der Waals surface area contributed by atoms with E-state index in [2.05, 4.69) is 5.32 Å². The van der Waals surface area contributed by atoms with Crippen molar-refractivity contribution in [3.8, 4) is 23.0 Å². The van der Waals surface area contributed by atoms with Crippen LogP contribution in [0.25, 0.3) is 0 Å². The van der Waals surface area contributed by atoms with E-state index in [4.69, 9.17) is 18.9 Å². The highest BCUT2D eigenvalue weighted by Crippen LogP contribution is 2.30. The van der Waals surface area contributed by atoms with E-state index in [1.165, 1.54) is 0 Å². The van der Waals surface area contributed by atoms with Crippen LogP contribution in [0, 0.1) is 0 Å². The molecule has 0 unspecified atom stereocenters. The van der Waals surface area contributed by atoms with Crippen LogP contribution in [0.4, 0.5) is 0 Å². The van der Waals surface area contributed by atoms with Crippen LogP contribution in [-0.4, -0.2) is 27.4 Å². The van der Waals surface area contributed by atoms with Gasteiger partial charge in [0.25, 0.3) is 0 Å². The van der Waals surface area contributed by atoms with Crippen molar-refractivity contribution in [2.45, 2.75) is 13.1 Å². The van der Waals surface area contributed by atoms with Gasteiger partial charge in [0.2, 0.25) is 0 Å². The Balaban J connectivity index is 1.61. The van der Waals surface area contributed by atoms with Crippen molar-refractivity contribution in [1.82, 2.24) is 5.32 Å². The summed E-state index contributed by atoms with van der Waals surface area (Å²) in [6, 6.07) is 11.9. The second-order valence-electron chi connectivity index (χ2n) is 5.30. The third-order valence-corrected chi connectivity index (χ3v) is 3.68. The molecular weight excluding hydrogens is 294 g/mol. The van der Waals surface area contributed by atoms with Crippen LogP contribution in [0.2, 0.25) is 0 Å². The Morgan fingerprint density at radius 2 is 1.48 bits per heavy atom. The lowest BCUT2D eigenvalue weighted by atomic mass is 10.1. The molecule has 3 rings (SSSR count). The molecule has 0 amide bonds. The zero-order valence-corrected chi connectivity index (χ0v) is 13.4. The fourth-order valence-corrected chi connectivity index (χ4v) is 2.52. The average Bonchev–Trinajstić information content (AvgIpc) is 2.61. The summed E-state index contributed by atoms with van der Waals surface area (Å²) in [5.41, 5.74) is 2.27. The number of benzene rings is 2. The van der Waals surface area contributed by atoms with Crippen LogP contribution in [0.5, 0.6) is 23.0 Å². The van der Waals surface area contributed by atoms with E-state index in [0.29, 0.717) is 13.2 Å². The Bertz CT molecular complexity index is 650. The lowest BCUT2D eigenvalue weighted by Crippen LogP contribution is -2.16. The molecule has 2 aromatic carbocycles. The van der Waals surface area contributed by atoms with E-state index < -0.39 is 0 Å². The van der Waals surface area contributed by atoms with Crippen molar-refractivity contribution >= 4 is 0 Å². The zero-order chi connectivity index (χ0) is 16.1. The zero-order valence-electron chi connectivity index (χ0n) is 13.4. The fourth-order valence-electron chi connectivity index (χ4n) is 2.52. The Kier molecular flexibility index (Phi) is 4.88. The Morgan fingerprint density at radius 1 is 0.826 bits per heavy atom. The minimum Gasteiger partial charge on any atom is -0.497 e. The molecule has 0 atom stereocenters. The van der Waals surface area contributed by atoms with Gasteiger partial charge in [-0.15, -0.1) is 0 Å². The maximum Gasteiger partial charge on any atom is 0.161 e. The van der Waals surface area contributed by atoms with Gasteiger partial charge < -0.3 is 24.3 Å². The summed E-state index contributed by atoms with van der Waals surface area (Å²) >= 11 is 0. The molecule has 122 valence electrons. The molecule has 1 aliphatic rings. The normalized spacial score (nSPS) is 12.8. The van der Waals surface area contributed by atoms with Gasteiger partial charge in [0.1, 0.15) is 24.7 Å². The maximum atomic E-state index is 5.60. The van der Waals surface area contributed by atoms with Crippen LogP contribution in [0.3, 0.4) is 0 Å². The minimum absolute atomic E-state index is 0.605. The molecule has 0 aromatic heterocycles. The molecule has 1 heterocycles. The first kappa shape index (κ1) is 15.5. The molecule has 2 aromatic rings. The summed E-state index contributed by atoms with van der Waals surface area (Å²) in [4.78, 5) is 0. The van der Waals surface area contributed by atoms with Crippen LogP contribution in [0.1, 0.15) is 11.1 Å². The van der Waals surface area contributed by atoms with Crippen molar-refractivity contribution in [2.24, 2.45) is 0 Å². The van der Waals surface area contributed by atoms with Crippen LogP contribution in [0.15, 0.2) is 36.4 Å². The van der Waals surface area contributed by atoms with Gasteiger partial charge in [0.05, 0.1) is 14.2 Å². The number of nitrogens with one attached hydrogen (secondary N) is 1. The topological polar surface area (TPSA) is 49.0 Å². The third-order valence-electron chi connectivity index (χ3n) is 3.68. The summed E-state index contributed by atoms with van der Waals surface area (Å²) in [6.45, 7) is 2.69. The van der Waals surface area contributed by atoms with Crippen LogP contribution < -0.4 is 24.3 Å². The number of ether oxygens (including phenoxy) is 4. The van der Waals surface area contributed by atoms with Gasteiger partial charge in [-0.25, -0.2) is 0 Å². The predicted octanol–water partition coefficient (Wildman–Crippen LogP) is 2.76. The molecule has 5 heteroatoms.